The number of aliphatic hydroxyl groups is 1. The van der Waals surface area contributed by atoms with E-state index in [1.54, 1.807) is 0 Å². The van der Waals surface area contributed by atoms with E-state index in [-0.39, 0.29) is 17.6 Å². The number of rotatable bonds is 4. The molecule has 1 aliphatic heterocycles. The minimum Gasteiger partial charge on any atom is -0.390 e. The van der Waals surface area contributed by atoms with Crippen LogP contribution in [0.25, 0.3) is 10.9 Å². The average Bonchev–Trinajstić information content (AvgIpc) is 3.01. The second-order valence-electron chi connectivity index (χ2n) is 6.43. The summed E-state index contributed by atoms with van der Waals surface area (Å²) in [4.78, 5) is 26.8. The molecule has 4 rings (SSSR count). The van der Waals surface area contributed by atoms with Crippen LogP contribution in [0.5, 0.6) is 0 Å². The first-order valence-corrected chi connectivity index (χ1v) is 8.51. The van der Waals surface area contributed by atoms with Crippen molar-refractivity contribution in [3.8, 4) is 0 Å². The normalized spacial score (nSPS) is 20.3. The summed E-state index contributed by atoms with van der Waals surface area (Å²) in [5.41, 5.74) is 2.14. The molecule has 1 fully saturated rings. The van der Waals surface area contributed by atoms with E-state index < -0.39 is 6.10 Å². The first kappa shape index (κ1) is 16.6. The number of fused-ring (bicyclic) bond motifs is 1. The van der Waals surface area contributed by atoms with Gasteiger partial charge in [0.2, 0.25) is 0 Å². The summed E-state index contributed by atoms with van der Waals surface area (Å²) >= 11 is 0. The molecule has 0 radical (unpaired) electrons. The molecule has 1 aromatic carbocycles. The smallest absolute Gasteiger partial charge is 0.271 e. The third-order valence-electron chi connectivity index (χ3n) is 4.52. The first-order valence-electron chi connectivity index (χ1n) is 8.51. The zero-order valence-electron chi connectivity index (χ0n) is 14.1. The lowest BCUT2D eigenvalue weighted by molar-refractivity contribution is 0.0883. The topological polar surface area (TPSA) is 91.2 Å². The number of hydrogen-bond acceptors (Lipinski definition) is 6. The van der Waals surface area contributed by atoms with Crippen molar-refractivity contribution in [3.63, 3.8) is 0 Å². The van der Waals surface area contributed by atoms with Gasteiger partial charge >= 0.3 is 0 Å². The Labute approximate surface area is 150 Å². The van der Waals surface area contributed by atoms with E-state index >= 15 is 0 Å². The predicted octanol–water partition coefficient (Wildman–Crippen LogP) is 1.000. The van der Waals surface area contributed by atoms with Crippen LogP contribution in [0.3, 0.4) is 0 Å². The molecule has 7 nitrogen and oxygen atoms in total. The summed E-state index contributed by atoms with van der Waals surface area (Å²) < 4.78 is 0. The van der Waals surface area contributed by atoms with Gasteiger partial charge in [-0.25, -0.2) is 4.98 Å². The summed E-state index contributed by atoms with van der Waals surface area (Å²) in [5, 5.41) is 14.2. The van der Waals surface area contributed by atoms with Crippen molar-refractivity contribution in [2.75, 3.05) is 13.1 Å². The number of aliphatic hydroxyl groups excluding tert-OH is 1. The van der Waals surface area contributed by atoms with Gasteiger partial charge in [-0.2, -0.15) is 0 Å². The van der Waals surface area contributed by atoms with E-state index in [0.717, 1.165) is 16.6 Å². The second kappa shape index (κ2) is 7.15. The highest BCUT2D eigenvalue weighted by Gasteiger charge is 2.32. The van der Waals surface area contributed by atoms with E-state index in [2.05, 4.69) is 31.2 Å². The molecule has 7 heteroatoms. The number of nitrogens with zero attached hydrogens (tertiary/aromatic N) is 4. The lowest BCUT2D eigenvalue weighted by atomic mass is 10.2. The third kappa shape index (κ3) is 3.54. The van der Waals surface area contributed by atoms with Gasteiger partial charge in [-0.15, -0.1) is 0 Å². The minimum absolute atomic E-state index is 0.245. The third-order valence-corrected chi connectivity index (χ3v) is 4.52. The van der Waals surface area contributed by atoms with Crippen LogP contribution >= 0.6 is 0 Å². The molecular weight excluding hydrogens is 330 g/mol. The number of benzene rings is 1. The molecule has 0 spiro atoms. The number of nitrogens with one attached hydrogen (secondary N) is 1. The van der Waals surface area contributed by atoms with Crippen molar-refractivity contribution in [2.24, 2.45) is 0 Å². The highest BCUT2D eigenvalue weighted by atomic mass is 16.3. The number of hydrogen-bond donors (Lipinski definition) is 2. The van der Waals surface area contributed by atoms with Gasteiger partial charge in [0.15, 0.2) is 0 Å². The summed E-state index contributed by atoms with van der Waals surface area (Å²) in [6, 6.07) is 11.7. The number of β-amino-alcohol motifs (C(OH)–C–C–N with tert-alkyl or cyclic N) is 1. The summed E-state index contributed by atoms with van der Waals surface area (Å²) in [6.45, 7) is 1.67. The summed E-state index contributed by atoms with van der Waals surface area (Å²) in [6.07, 6.45) is 3.76. The number of aromatic nitrogens is 3. The van der Waals surface area contributed by atoms with Crippen molar-refractivity contribution >= 4 is 16.8 Å². The van der Waals surface area contributed by atoms with E-state index in [4.69, 9.17) is 0 Å². The highest BCUT2D eigenvalue weighted by molar-refractivity contribution is 5.92. The Morgan fingerprint density at radius 2 is 2.08 bits per heavy atom. The van der Waals surface area contributed by atoms with Crippen molar-refractivity contribution in [2.45, 2.75) is 18.7 Å². The standard InChI is InChI=1S/C19H19N5O2/c25-18-12-24(10-14-6-5-13-3-1-2-4-15(13)22-14)11-17(18)23-19(26)16-9-20-7-8-21-16/h1-9,17-18,25H,10-12H2,(H,23,26)/t17-,18-/m1/s1. The number of likely N-dealkylation sites (tertiary alicyclic amines) is 1. The lowest BCUT2D eigenvalue weighted by Gasteiger charge is -2.16. The maximum absolute atomic E-state index is 12.2. The lowest BCUT2D eigenvalue weighted by Crippen LogP contribution is -2.43. The van der Waals surface area contributed by atoms with E-state index in [9.17, 15) is 9.90 Å². The average molecular weight is 349 g/mol. The maximum atomic E-state index is 12.2. The van der Waals surface area contributed by atoms with Crippen LogP contribution in [0, 0.1) is 0 Å². The Morgan fingerprint density at radius 1 is 1.19 bits per heavy atom. The van der Waals surface area contributed by atoms with Gasteiger partial charge in [-0.1, -0.05) is 24.3 Å². The van der Waals surface area contributed by atoms with Gasteiger partial charge in [-0.3, -0.25) is 19.7 Å². The minimum atomic E-state index is -0.629. The monoisotopic (exact) mass is 349 g/mol. The molecule has 0 saturated carbocycles. The molecule has 3 heterocycles. The zero-order chi connectivity index (χ0) is 17.9. The van der Waals surface area contributed by atoms with Crippen LogP contribution in [-0.4, -0.2) is 56.1 Å². The van der Waals surface area contributed by atoms with Gasteiger partial charge in [0.05, 0.1) is 29.6 Å². The quantitative estimate of drug-likeness (QED) is 0.730. The maximum Gasteiger partial charge on any atom is 0.271 e. The van der Waals surface area contributed by atoms with Crippen molar-refractivity contribution < 1.29 is 9.90 Å². The van der Waals surface area contributed by atoms with Crippen molar-refractivity contribution in [1.82, 2.24) is 25.2 Å². The summed E-state index contributed by atoms with van der Waals surface area (Å²) in [7, 11) is 0. The Hall–Kier alpha value is -2.90. The molecule has 1 amide bonds. The van der Waals surface area contributed by atoms with Crippen LogP contribution in [0.4, 0.5) is 0 Å². The van der Waals surface area contributed by atoms with E-state index in [0.29, 0.717) is 19.6 Å². The van der Waals surface area contributed by atoms with Gasteiger partial charge in [-0.05, 0) is 12.1 Å². The molecular formula is C19H19N5O2. The molecule has 1 saturated heterocycles. The van der Waals surface area contributed by atoms with Gasteiger partial charge in [0.1, 0.15) is 5.69 Å². The highest BCUT2D eigenvalue weighted by Crippen LogP contribution is 2.17. The molecule has 2 atom stereocenters. The summed E-state index contributed by atoms with van der Waals surface area (Å²) in [5.74, 6) is -0.326. The van der Waals surface area contributed by atoms with Crippen LogP contribution in [0.2, 0.25) is 0 Å². The number of para-hydroxylation sites is 1. The number of carbonyl (C=O) groups excluding carboxylic acids is 1. The molecule has 3 aromatic rings. The Morgan fingerprint density at radius 3 is 2.92 bits per heavy atom. The predicted molar refractivity (Wildman–Crippen MR) is 96.3 cm³/mol. The SMILES string of the molecule is O=C(N[C@@H]1CN(Cc2ccc3ccccc3n2)C[C@H]1O)c1cnccn1. The second-order valence-corrected chi connectivity index (χ2v) is 6.43. The molecule has 2 N–H and O–H groups in total. The number of amides is 1. The van der Waals surface area contributed by atoms with Gasteiger partial charge < -0.3 is 10.4 Å². The molecule has 2 aromatic heterocycles. The fourth-order valence-corrected chi connectivity index (χ4v) is 3.22. The van der Waals surface area contributed by atoms with Gasteiger partial charge in [0.25, 0.3) is 5.91 Å². The fraction of sp³-hybridized carbons (Fsp3) is 0.263. The van der Waals surface area contributed by atoms with E-state index in [1.807, 2.05) is 30.3 Å². The van der Waals surface area contributed by atoms with Crippen LogP contribution in [0.1, 0.15) is 16.2 Å². The van der Waals surface area contributed by atoms with Gasteiger partial charge in [0, 0.05) is 37.4 Å². The Bertz CT molecular complexity index is 918. The van der Waals surface area contributed by atoms with Crippen molar-refractivity contribution in [1.29, 1.82) is 0 Å². The zero-order valence-corrected chi connectivity index (χ0v) is 14.1. The van der Waals surface area contributed by atoms with Crippen LogP contribution in [-0.2, 0) is 6.54 Å². The molecule has 132 valence electrons. The number of carbonyl (C=O) groups is 1. The largest absolute Gasteiger partial charge is 0.390 e. The molecule has 26 heavy (non-hydrogen) atoms. The van der Waals surface area contributed by atoms with Crippen LogP contribution < -0.4 is 5.32 Å². The first-order chi connectivity index (χ1) is 12.7. The molecule has 1 aliphatic rings. The Balaban J connectivity index is 1.40. The molecule has 0 unspecified atom stereocenters. The van der Waals surface area contributed by atoms with E-state index in [1.165, 1.54) is 18.6 Å². The Kier molecular flexibility index (Phi) is 4.55. The number of pyridine rings is 1. The fourth-order valence-electron chi connectivity index (χ4n) is 3.22. The van der Waals surface area contributed by atoms with Crippen molar-refractivity contribution in [3.05, 3.63) is 66.4 Å². The molecule has 0 bridgehead atoms. The van der Waals surface area contributed by atoms with Crippen LogP contribution in [0.15, 0.2) is 55.0 Å². The molecule has 0 aliphatic carbocycles.